The molecule has 0 fully saturated rings. The van der Waals surface area contributed by atoms with Crippen molar-refractivity contribution in [2.45, 2.75) is 6.92 Å². The van der Waals surface area contributed by atoms with Crippen molar-refractivity contribution in [3.05, 3.63) is 57.5 Å². The van der Waals surface area contributed by atoms with Crippen LogP contribution in [0.2, 0.25) is 0 Å². The molecule has 0 aliphatic heterocycles. The van der Waals surface area contributed by atoms with E-state index < -0.39 is 22.3 Å². The summed E-state index contributed by atoms with van der Waals surface area (Å²) in [6.45, 7) is 1.70. The van der Waals surface area contributed by atoms with Gasteiger partial charge in [0.2, 0.25) is 0 Å². The molecule has 8 heteroatoms. The average Bonchev–Trinajstić information content (AvgIpc) is 2.41. The number of aryl methyl sites for hydroxylation is 1. The number of halogens is 1. The molecular weight excluding hydrogens is 279 g/mol. The Labute approximate surface area is 118 Å². The fourth-order valence-corrected chi connectivity index (χ4v) is 1.70. The first-order valence-electron chi connectivity index (χ1n) is 5.86. The highest BCUT2D eigenvalue weighted by Crippen LogP contribution is 2.22. The molecule has 0 aliphatic rings. The highest BCUT2D eigenvalue weighted by Gasteiger charge is 2.22. The molecular formula is C13H11FN4O3. The number of carbonyl (C=O) groups excluding carboxylic acids is 1. The van der Waals surface area contributed by atoms with Crippen molar-refractivity contribution in [3.63, 3.8) is 0 Å². The first-order chi connectivity index (χ1) is 9.88. The molecule has 7 nitrogen and oxygen atoms in total. The van der Waals surface area contributed by atoms with Crippen molar-refractivity contribution < 1.29 is 14.1 Å². The molecule has 2 rings (SSSR count). The molecule has 21 heavy (non-hydrogen) atoms. The van der Waals surface area contributed by atoms with E-state index in [1.807, 2.05) is 0 Å². The van der Waals surface area contributed by atoms with Gasteiger partial charge in [0.15, 0.2) is 0 Å². The number of hydrogen-bond acceptors (Lipinski definition) is 5. The Kier molecular flexibility index (Phi) is 3.79. The molecule has 1 heterocycles. The van der Waals surface area contributed by atoms with Crippen molar-refractivity contribution in [1.82, 2.24) is 4.98 Å². The predicted molar refractivity (Wildman–Crippen MR) is 74.4 cm³/mol. The van der Waals surface area contributed by atoms with Crippen LogP contribution in [0.3, 0.4) is 0 Å². The summed E-state index contributed by atoms with van der Waals surface area (Å²) in [5.41, 5.74) is 5.24. The lowest BCUT2D eigenvalue weighted by atomic mass is 10.2. The highest BCUT2D eigenvalue weighted by atomic mass is 19.1. The lowest BCUT2D eigenvalue weighted by Gasteiger charge is -2.07. The van der Waals surface area contributed by atoms with Crippen LogP contribution in [0.4, 0.5) is 21.6 Å². The second-order valence-corrected chi connectivity index (χ2v) is 4.32. The van der Waals surface area contributed by atoms with E-state index in [-0.39, 0.29) is 17.1 Å². The fraction of sp³-hybridized carbons (Fsp3) is 0.0769. The van der Waals surface area contributed by atoms with Gasteiger partial charge in [-0.15, -0.1) is 0 Å². The minimum Gasteiger partial charge on any atom is -0.384 e. The minimum atomic E-state index is -0.835. The van der Waals surface area contributed by atoms with Gasteiger partial charge in [-0.1, -0.05) is 6.07 Å². The maximum absolute atomic E-state index is 13.7. The van der Waals surface area contributed by atoms with E-state index >= 15 is 0 Å². The van der Waals surface area contributed by atoms with Crippen LogP contribution in [-0.2, 0) is 0 Å². The summed E-state index contributed by atoms with van der Waals surface area (Å²) < 4.78 is 13.7. The third kappa shape index (κ3) is 3.11. The number of benzene rings is 1. The van der Waals surface area contributed by atoms with E-state index in [2.05, 4.69) is 10.3 Å². The van der Waals surface area contributed by atoms with Gasteiger partial charge in [-0.25, -0.2) is 9.37 Å². The van der Waals surface area contributed by atoms with E-state index in [9.17, 15) is 19.3 Å². The standard InChI is InChI=1S/C13H11FN4O3/c1-7-2-3-10(9(14)4-7)17-13(19)8-5-12(15)16-6-11(8)18(20)21/h2-6H,1H3,(H2,15,16)(H,17,19). The Balaban J connectivity index is 2.36. The molecule has 0 saturated carbocycles. The van der Waals surface area contributed by atoms with Crippen LogP contribution in [0.25, 0.3) is 0 Å². The van der Waals surface area contributed by atoms with E-state index in [4.69, 9.17) is 5.73 Å². The van der Waals surface area contributed by atoms with Crippen LogP contribution < -0.4 is 11.1 Å². The number of hydrogen-bond donors (Lipinski definition) is 2. The molecule has 0 spiro atoms. The van der Waals surface area contributed by atoms with Gasteiger partial charge in [0.05, 0.1) is 10.6 Å². The van der Waals surface area contributed by atoms with Crippen molar-refractivity contribution in [3.8, 4) is 0 Å². The van der Waals surface area contributed by atoms with Crippen LogP contribution in [-0.4, -0.2) is 15.8 Å². The maximum Gasteiger partial charge on any atom is 0.300 e. The Morgan fingerprint density at radius 3 is 2.76 bits per heavy atom. The zero-order valence-electron chi connectivity index (χ0n) is 11.0. The van der Waals surface area contributed by atoms with Crippen molar-refractivity contribution >= 4 is 23.1 Å². The first-order valence-corrected chi connectivity index (χ1v) is 5.86. The molecule has 0 unspecified atom stereocenters. The summed E-state index contributed by atoms with van der Waals surface area (Å²) in [6.07, 6.45) is 0.885. The molecule has 0 atom stereocenters. The van der Waals surface area contributed by atoms with Gasteiger partial charge in [0.25, 0.3) is 11.6 Å². The van der Waals surface area contributed by atoms with Crippen molar-refractivity contribution in [1.29, 1.82) is 0 Å². The molecule has 2 aromatic rings. The lowest BCUT2D eigenvalue weighted by Crippen LogP contribution is -2.15. The summed E-state index contributed by atoms with van der Waals surface area (Å²) in [7, 11) is 0. The molecule has 1 aromatic carbocycles. The molecule has 108 valence electrons. The van der Waals surface area contributed by atoms with E-state index in [1.165, 1.54) is 12.1 Å². The van der Waals surface area contributed by atoms with Gasteiger partial charge in [-0.3, -0.25) is 14.9 Å². The third-order valence-corrected chi connectivity index (χ3v) is 2.72. The second kappa shape index (κ2) is 5.53. The SMILES string of the molecule is Cc1ccc(NC(=O)c2cc(N)ncc2[N+](=O)[O-])c(F)c1. The normalized spacial score (nSPS) is 10.2. The number of nitrogens with zero attached hydrogens (tertiary/aromatic N) is 2. The van der Waals surface area contributed by atoms with E-state index in [0.29, 0.717) is 5.56 Å². The number of pyridine rings is 1. The Morgan fingerprint density at radius 2 is 2.14 bits per heavy atom. The van der Waals surface area contributed by atoms with Gasteiger partial charge in [-0.2, -0.15) is 0 Å². The summed E-state index contributed by atoms with van der Waals surface area (Å²) in [5, 5.41) is 13.1. The number of aromatic nitrogens is 1. The summed E-state index contributed by atoms with van der Waals surface area (Å²) >= 11 is 0. The monoisotopic (exact) mass is 290 g/mol. The summed E-state index contributed by atoms with van der Waals surface area (Å²) in [6, 6.07) is 5.29. The van der Waals surface area contributed by atoms with Crippen LogP contribution >= 0.6 is 0 Å². The number of anilines is 2. The number of nitrogens with one attached hydrogen (secondary N) is 1. The van der Waals surface area contributed by atoms with Crippen LogP contribution in [0, 0.1) is 22.9 Å². The topological polar surface area (TPSA) is 111 Å². The summed E-state index contributed by atoms with van der Waals surface area (Å²) in [4.78, 5) is 25.7. The molecule has 3 N–H and O–H groups in total. The third-order valence-electron chi connectivity index (χ3n) is 2.72. The fourth-order valence-electron chi connectivity index (χ4n) is 1.70. The minimum absolute atomic E-state index is 0.0462. The largest absolute Gasteiger partial charge is 0.384 e. The zero-order valence-corrected chi connectivity index (χ0v) is 11.0. The van der Waals surface area contributed by atoms with E-state index in [1.54, 1.807) is 13.0 Å². The number of nitro groups is 1. The van der Waals surface area contributed by atoms with Gasteiger partial charge in [-0.05, 0) is 30.7 Å². The zero-order chi connectivity index (χ0) is 15.6. The van der Waals surface area contributed by atoms with Crippen LogP contribution in [0.15, 0.2) is 30.5 Å². The predicted octanol–water partition coefficient (Wildman–Crippen LogP) is 2.27. The molecule has 0 aliphatic carbocycles. The average molecular weight is 290 g/mol. The van der Waals surface area contributed by atoms with Crippen molar-refractivity contribution in [2.24, 2.45) is 0 Å². The second-order valence-electron chi connectivity index (χ2n) is 4.32. The molecule has 1 aromatic heterocycles. The van der Waals surface area contributed by atoms with Gasteiger partial charge < -0.3 is 11.1 Å². The van der Waals surface area contributed by atoms with Crippen LogP contribution in [0.5, 0.6) is 0 Å². The highest BCUT2D eigenvalue weighted by molar-refractivity contribution is 6.07. The maximum atomic E-state index is 13.7. The molecule has 0 radical (unpaired) electrons. The number of nitrogen functional groups attached to an aromatic ring is 1. The number of rotatable bonds is 3. The molecule has 1 amide bonds. The van der Waals surface area contributed by atoms with Gasteiger partial charge >= 0.3 is 0 Å². The molecule has 0 bridgehead atoms. The smallest absolute Gasteiger partial charge is 0.300 e. The van der Waals surface area contributed by atoms with Gasteiger partial charge in [0.1, 0.15) is 23.4 Å². The summed E-state index contributed by atoms with van der Waals surface area (Å²) in [5.74, 6) is -1.51. The van der Waals surface area contributed by atoms with Crippen molar-refractivity contribution in [2.75, 3.05) is 11.1 Å². The first kappa shape index (κ1) is 14.4. The number of carbonyl (C=O) groups is 1. The Bertz CT molecular complexity index is 733. The van der Waals surface area contributed by atoms with Gasteiger partial charge in [0, 0.05) is 0 Å². The number of nitrogens with two attached hydrogens (primary N) is 1. The lowest BCUT2D eigenvalue weighted by molar-refractivity contribution is -0.385. The Hall–Kier alpha value is -3.03. The van der Waals surface area contributed by atoms with Crippen LogP contribution in [0.1, 0.15) is 15.9 Å². The Morgan fingerprint density at radius 1 is 1.43 bits per heavy atom. The quantitative estimate of drug-likeness (QED) is 0.665. The van der Waals surface area contributed by atoms with E-state index in [0.717, 1.165) is 12.3 Å². The number of amides is 1. The molecule has 0 saturated heterocycles.